The minimum absolute atomic E-state index is 0.160. The molecule has 0 saturated carbocycles. The molecule has 6 heteroatoms. The molecule has 0 amide bonds. The van der Waals surface area contributed by atoms with Crippen LogP contribution in [0.1, 0.15) is 5.56 Å². The largest absolute Gasteiger partial charge is 0.495 e. The predicted octanol–water partition coefficient (Wildman–Crippen LogP) is 3.69. The zero-order valence-electron chi connectivity index (χ0n) is 10.6. The molecule has 3 N–H and O–H groups in total. The van der Waals surface area contributed by atoms with Gasteiger partial charge in [-0.1, -0.05) is 11.6 Å². The molecule has 0 bridgehead atoms. The van der Waals surface area contributed by atoms with Crippen molar-refractivity contribution in [2.75, 3.05) is 18.2 Å². The molecule has 0 aliphatic rings. The number of nitrogen functional groups attached to an aromatic ring is 1. The Bertz CT molecular complexity index is 698. The topological polar surface area (TPSA) is 71.1 Å². The highest BCUT2D eigenvalue weighted by Crippen LogP contribution is 2.32. The molecule has 2 rings (SSSR count). The van der Waals surface area contributed by atoms with E-state index in [4.69, 9.17) is 27.3 Å². The number of rotatable bonds is 3. The summed E-state index contributed by atoms with van der Waals surface area (Å²) in [7, 11) is 1.44. The molecule has 0 unspecified atom stereocenters. The number of anilines is 3. The van der Waals surface area contributed by atoms with Gasteiger partial charge in [-0.25, -0.2) is 4.39 Å². The first-order valence-electron chi connectivity index (χ1n) is 5.65. The lowest BCUT2D eigenvalue weighted by Gasteiger charge is -2.12. The number of nitrogens with two attached hydrogens (primary N) is 1. The summed E-state index contributed by atoms with van der Waals surface area (Å²) in [6.07, 6.45) is 0. The predicted molar refractivity (Wildman–Crippen MR) is 76.8 cm³/mol. The van der Waals surface area contributed by atoms with Gasteiger partial charge < -0.3 is 15.8 Å². The molecule has 0 heterocycles. The number of hydrogen-bond acceptors (Lipinski definition) is 4. The van der Waals surface area contributed by atoms with Gasteiger partial charge in [0.05, 0.1) is 40.8 Å². The van der Waals surface area contributed by atoms with E-state index in [0.29, 0.717) is 22.0 Å². The molecule has 0 saturated heterocycles. The molecular formula is C14H11ClFN3O. The van der Waals surface area contributed by atoms with Gasteiger partial charge in [-0.15, -0.1) is 0 Å². The van der Waals surface area contributed by atoms with Crippen molar-refractivity contribution in [3.05, 3.63) is 46.7 Å². The van der Waals surface area contributed by atoms with Gasteiger partial charge in [0.25, 0.3) is 0 Å². The van der Waals surface area contributed by atoms with E-state index in [-0.39, 0.29) is 11.4 Å². The van der Waals surface area contributed by atoms with Crippen LogP contribution in [0.4, 0.5) is 21.5 Å². The van der Waals surface area contributed by atoms with Crippen molar-refractivity contribution in [2.24, 2.45) is 0 Å². The molecule has 0 atom stereocenters. The standard InChI is InChI=1S/C14H11ClFN3O/c1-20-14-6-13(10(16)5-11(14)18)19-12-4-8(7-17)2-3-9(12)15/h2-6,19H,18H2,1H3. The number of hydrogen-bond donors (Lipinski definition) is 2. The van der Waals surface area contributed by atoms with E-state index in [0.717, 1.165) is 6.07 Å². The van der Waals surface area contributed by atoms with E-state index in [1.807, 2.05) is 6.07 Å². The Labute approximate surface area is 120 Å². The van der Waals surface area contributed by atoms with Gasteiger partial charge in [-0.2, -0.15) is 5.26 Å². The van der Waals surface area contributed by atoms with E-state index in [9.17, 15) is 4.39 Å². The van der Waals surface area contributed by atoms with Crippen molar-refractivity contribution in [3.63, 3.8) is 0 Å². The van der Waals surface area contributed by atoms with Crippen molar-refractivity contribution in [2.45, 2.75) is 0 Å². The number of halogens is 2. The van der Waals surface area contributed by atoms with Gasteiger partial charge in [-0.05, 0) is 18.2 Å². The van der Waals surface area contributed by atoms with Gasteiger partial charge in [-0.3, -0.25) is 0 Å². The molecule has 4 nitrogen and oxygen atoms in total. The molecule has 2 aromatic carbocycles. The smallest absolute Gasteiger partial charge is 0.148 e. The second-order valence-corrected chi connectivity index (χ2v) is 4.41. The molecule has 2 aromatic rings. The van der Waals surface area contributed by atoms with Crippen molar-refractivity contribution in [1.82, 2.24) is 0 Å². The van der Waals surface area contributed by atoms with Gasteiger partial charge >= 0.3 is 0 Å². The van der Waals surface area contributed by atoms with Crippen LogP contribution in [0.15, 0.2) is 30.3 Å². The Kier molecular flexibility index (Phi) is 3.97. The molecule has 20 heavy (non-hydrogen) atoms. The number of nitrogens with zero attached hydrogens (tertiary/aromatic N) is 1. The summed E-state index contributed by atoms with van der Waals surface area (Å²) in [5.74, 6) is -0.191. The molecule has 0 fully saturated rings. The van der Waals surface area contributed by atoms with Crippen LogP contribution in [-0.2, 0) is 0 Å². The number of nitrogens with one attached hydrogen (secondary N) is 1. The van der Waals surface area contributed by atoms with Crippen LogP contribution < -0.4 is 15.8 Å². The molecule has 102 valence electrons. The summed E-state index contributed by atoms with van der Waals surface area (Å²) in [5, 5.41) is 12.1. The maximum absolute atomic E-state index is 13.9. The zero-order chi connectivity index (χ0) is 14.7. The fraction of sp³-hybridized carbons (Fsp3) is 0.0714. The highest BCUT2D eigenvalue weighted by atomic mass is 35.5. The summed E-state index contributed by atoms with van der Waals surface area (Å²) in [6, 6.07) is 9.25. The van der Waals surface area contributed by atoms with E-state index < -0.39 is 5.82 Å². The van der Waals surface area contributed by atoms with Crippen LogP contribution in [0.3, 0.4) is 0 Å². The van der Waals surface area contributed by atoms with Crippen LogP contribution in [0, 0.1) is 17.1 Å². The highest BCUT2D eigenvalue weighted by Gasteiger charge is 2.10. The van der Waals surface area contributed by atoms with E-state index in [2.05, 4.69) is 5.32 Å². The first-order chi connectivity index (χ1) is 9.55. The molecular weight excluding hydrogens is 281 g/mol. The van der Waals surface area contributed by atoms with E-state index >= 15 is 0 Å². The molecule has 0 spiro atoms. The monoisotopic (exact) mass is 291 g/mol. The lowest BCUT2D eigenvalue weighted by atomic mass is 10.2. The Hall–Kier alpha value is -2.45. The summed E-state index contributed by atoms with van der Waals surface area (Å²) in [5.41, 5.74) is 6.81. The number of nitriles is 1. The molecule has 0 aromatic heterocycles. The van der Waals surface area contributed by atoms with Crippen LogP contribution in [0.25, 0.3) is 0 Å². The highest BCUT2D eigenvalue weighted by molar-refractivity contribution is 6.33. The SMILES string of the molecule is COc1cc(Nc2cc(C#N)ccc2Cl)c(F)cc1N. The van der Waals surface area contributed by atoms with Crippen LogP contribution >= 0.6 is 11.6 Å². The second-order valence-electron chi connectivity index (χ2n) is 4.01. The Morgan fingerprint density at radius 3 is 2.70 bits per heavy atom. The van der Waals surface area contributed by atoms with Gasteiger partial charge in [0.1, 0.15) is 11.6 Å². The van der Waals surface area contributed by atoms with Crippen LogP contribution in [0.5, 0.6) is 5.75 Å². The third kappa shape index (κ3) is 2.76. The lowest BCUT2D eigenvalue weighted by molar-refractivity contribution is 0.416. The fourth-order valence-electron chi connectivity index (χ4n) is 1.68. The van der Waals surface area contributed by atoms with Crippen LogP contribution in [0.2, 0.25) is 5.02 Å². The second kappa shape index (κ2) is 5.68. The number of methoxy groups -OCH3 is 1. The third-order valence-corrected chi connectivity index (χ3v) is 3.01. The van der Waals surface area contributed by atoms with Crippen molar-refractivity contribution in [1.29, 1.82) is 5.26 Å². The maximum Gasteiger partial charge on any atom is 0.148 e. The normalized spacial score (nSPS) is 9.90. The number of benzene rings is 2. The van der Waals surface area contributed by atoms with Gasteiger partial charge in [0.15, 0.2) is 0 Å². The molecule has 0 aliphatic heterocycles. The third-order valence-electron chi connectivity index (χ3n) is 2.68. The summed E-state index contributed by atoms with van der Waals surface area (Å²) >= 11 is 6.01. The van der Waals surface area contributed by atoms with Crippen molar-refractivity contribution >= 4 is 28.7 Å². The first-order valence-corrected chi connectivity index (χ1v) is 6.02. The lowest BCUT2D eigenvalue weighted by Crippen LogP contribution is -1.99. The zero-order valence-corrected chi connectivity index (χ0v) is 11.3. The quantitative estimate of drug-likeness (QED) is 0.846. The van der Waals surface area contributed by atoms with Gasteiger partial charge in [0.2, 0.25) is 0 Å². The van der Waals surface area contributed by atoms with Crippen molar-refractivity contribution < 1.29 is 9.13 Å². The Morgan fingerprint density at radius 1 is 1.30 bits per heavy atom. The van der Waals surface area contributed by atoms with Crippen molar-refractivity contribution in [3.8, 4) is 11.8 Å². The maximum atomic E-state index is 13.9. The molecule has 0 radical (unpaired) electrons. The first kappa shape index (κ1) is 14.0. The average Bonchev–Trinajstić information content (AvgIpc) is 2.44. The number of ether oxygens (including phenoxy) is 1. The Morgan fingerprint density at radius 2 is 2.05 bits per heavy atom. The summed E-state index contributed by atoms with van der Waals surface area (Å²) < 4.78 is 18.9. The minimum atomic E-state index is -0.540. The van der Waals surface area contributed by atoms with E-state index in [1.54, 1.807) is 12.1 Å². The van der Waals surface area contributed by atoms with E-state index in [1.165, 1.54) is 19.2 Å². The minimum Gasteiger partial charge on any atom is -0.495 e. The van der Waals surface area contributed by atoms with Gasteiger partial charge in [0, 0.05) is 12.1 Å². The summed E-state index contributed by atoms with van der Waals surface area (Å²) in [6.45, 7) is 0. The molecule has 0 aliphatic carbocycles. The fourth-order valence-corrected chi connectivity index (χ4v) is 1.84. The van der Waals surface area contributed by atoms with Crippen LogP contribution in [-0.4, -0.2) is 7.11 Å². The Balaban J connectivity index is 2.42. The summed E-state index contributed by atoms with van der Waals surface area (Å²) in [4.78, 5) is 0. The average molecular weight is 292 g/mol.